The Morgan fingerprint density at radius 3 is 3.00 bits per heavy atom. The van der Waals surface area contributed by atoms with Crippen molar-refractivity contribution in [2.75, 3.05) is 6.54 Å². The zero-order valence-electron chi connectivity index (χ0n) is 15.3. The maximum Gasteiger partial charge on any atom is 0.276 e. The van der Waals surface area contributed by atoms with Crippen LogP contribution in [0.1, 0.15) is 47.4 Å². The number of amides is 1. The van der Waals surface area contributed by atoms with Gasteiger partial charge >= 0.3 is 0 Å². The molecule has 1 amide bonds. The average molecular weight is 381 g/mol. The van der Waals surface area contributed by atoms with Gasteiger partial charge < -0.3 is 14.1 Å². The number of pyridine rings is 1. The number of ether oxygens (including phenoxy) is 1. The Morgan fingerprint density at radius 2 is 2.18 bits per heavy atom. The molecule has 3 aromatic rings. The summed E-state index contributed by atoms with van der Waals surface area (Å²) in [5, 5.41) is 0. The molecule has 6 nitrogen and oxygen atoms in total. The van der Waals surface area contributed by atoms with Crippen molar-refractivity contribution in [3.05, 3.63) is 78.0 Å². The van der Waals surface area contributed by atoms with Gasteiger partial charge in [-0.15, -0.1) is 0 Å². The molecule has 0 saturated carbocycles. The molecular weight excluding hydrogens is 361 g/mol. The van der Waals surface area contributed by atoms with Gasteiger partial charge in [-0.05, 0) is 43.5 Å². The molecule has 7 heteroatoms. The van der Waals surface area contributed by atoms with Gasteiger partial charge in [-0.25, -0.2) is 9.37 Å². The van der Waals surface area contributed by atoms with Crippen molar-refractivity contribution in [2.45, 2.75) is 31.9 Å². The summed E-state index contributed by atoms with van der Waals surface area (Å²) in [5.74, 6) is 0.0684. The largest absolute Gasteiger partial charge is 0.484 e. The molecule has 0 aliphatic carbocycles. The van der Waals surface area contributed by atoms with E-state index in [0.717, 1.165) is 25.0 Å². The third kappa shape index (κ3) is 4.03. The number of likely N-dealkylation sites (tertiary alicyclic amines) is 1. The molecule has 0 bridgehead atoms. The lowest BCUT2D eigenvalue weighted by molar-refractivity contribution is 0.0600. The average Bonchev–Trinajstić information content (AvgIpc) is 3.21. The van der Waals surface area contributed by atoms with Crippen LogP contribution in [-0.2, 0) is 6.61 Å². The minimum absolute atomic E-state index is 0.0143. The first-order chi connectivity index (χ1) is 13.7. The Hall–Kier alpha value is -3.22. The highest BCUT2D eigenvalue weighted by atomic mass is 19.1. The summed E-state index contributed by atoms with van der Waals surface area (Å²) in [4.78, 5) is 23.5. The monoisotopic (exact) mass is 381 g/mol. The fourth-order valence-electron chi connectivity index (χ4n) is 3.38. The van der Waals surface area contributed by atoms with E-state index >= 15 is 0 Å². The van der Waals surface area contributed by atoms with Gasteiger partial charge in [0.2, 0.25) is 5.89 Å². The Labute approximate surface area is 162 Å². The summed E-state index contributed by atoms with van der Waals surface area (Å²) in [6.07, 6.45) is 5.95. The summed E-state index contributed by atoms with van der Waals surface area (Å²) in [6, 6.07) is 11.5. The van der Waals surface area contributed by atoms with Crippen molar-refractivity contribution in [2.24, 2.45) is 0 Å². The van der Waals surface area contributed by atoms with E-state index in [1.807, 2.05) is 18.2 Å². The first kappa shape index (κ1) is 18.2. The summed E-state index contributed by atoms with van der Waals surface area (Å²) in [5.41, 5.74) is 1.12. The van der Waals surface area contributed by atoms with Gasteiger partial charge in [0.25, 0.3) is 5.91 Å². The fourth-order valence-corrected chi connectivity index (χ4v) is 3.38. The summed E-state index contributed by atoms with van der Waals surface area (Å²) >= 11 is 0. The second-order valence-corrected chi connectivity index (χ2v) is 6.64. The highest BCUT2D eigenvalue weighted by molar-refractivity contribution is 5.92. The van der Waals surface area contributed by atoms with Gasteiger partial charge in [0.15, 0.2) is 12.3 Å². The van der Waals surface area contributed by atoms with E-state index < -0.39 is 0 Å². The lowest BCUT2D eigenvalue weighted by atomic mass is 9.98. The number of aromatic nitrogens is 2. The van der Waals surface area contributed by atoms with Crippen LogP contribution >= 0.6 is 0 Å². The Kier molecular flexibility index (Phi) is 5.32. The predicted octanol–water partition coefficient (Wildman–Crippen LogP) is 4.16. The number of piperidine rings is 1. The highest BCUT2D eigenvalue weighted by Gasteiger charge is 2.31. The van der Waals surface area contributed by atoms with Gasteiger partial charge in [-0.2, -0.15) is 0 Å². The topological polar surface area (TPSA) is 68.5 Å². The minimum atomic E-state index is -0.383. The van der Waals surface area contributed by atoms with Crippen LogP contribution in [-0.4, -0.2) is 27.3 Å². The molecule has 2 aromatic heterocycles. The molecule has 3 heterocycles. The van der Waals surface area contributed by atoms with Crippen LogP contribution in [0.5, 0.6) is 5.75 Å². The third-order valence-electron chi connectivity index (χ3n) is 4.72. The normalized spacial score (nSPS) is 16.8. The number of rotatable bonds is 5. The molecule has 1 aromatic carbocycles. The molecule has 4 rings (SSSR count). The Morgan fingerprint density at radius 1 is 1.25 bits per heavy atom. The van der Waals surface area contributed by atoms with Crippen LogP contribution in [0.2, 0.25) is 0 Å². The molecule has 0 spiro atoms. The molecular formula is C21H20FN3O3. The molecule has 1 aliphatic rings. The molecule has 1 aliphatic heterocycles. The van der Waals surface area contributed by atoms with E-state index in [1.54, 1.807) is 23.2 Å². The van der Waals surface area contributed by atoms with Gasteiger partial charge in [-0.1, -0.05) is 12.1 Å². The number of carbonyl (C=O) groups is 1. The van der Waals surface area contributed by atoms with Crippen LogP contribution in [0.25, 0.3) is 0 Å². The molecule has 1 saturated heterocycles. The van der Waals surface area contributed by atoms with E-state index in [0.29, 0.717) is 12.3 Å². The lowest BCUT2D eigenvalue weighted by Gasteiger charge is -2.34. The maximum atomic E-state index is 13.2. The van der Waals surface area contributed by atoms with Crippen molar-refractivity contribution >= 4 is 5.91 Å². The standard InChI is InChI=1S/C21H20FN3O3/c22-15-6-5-7-16(12-15)27-14-20-24-18(13-28-20)21(26)25-11-4-2-9-19(25)17-8-1-3-10-23-17/h1,3,5-8,10,12-13,19H,2,4,9,11,14H2. The first-order valence-electron chi connectivity index (χ1n) is 9.25. The van der Waals surface area contributed by atoms with E-state index in [1.165, 1.54) is 18.4 Å². The van der Waals surface area contributed by atoms with Crippen molar-refractivity contribution in [1.82, 2.24) is 14.9 Å². The van der Waals surface area contributed by atoms with Gasteiger partial charge in [0, 0.05) is 18.8 Å². The molecule has 1 fully saturated rings. The maximum absolute atomic E-state index is 13.2. The number of oxazole rings is 1. The van der Waals surface area contributed by atoms with Crippen LogP contribution in [0.4, 0.5) is 4.39 Å². The zero-order valence-corrected chi connectivity index (χ0v) is 15.3. The highest BCUT2D eigenvalue weighted by Crippen LogP contribution is 2.30. The second kappa shape index (κ2) is 8.21. The molecule has 0 radical (unpaired) electrons. The third-order valence-corrected chi connectivity index (χ3v) is 4.72. The number of hydrogen-bond acceptors (Lipinski definition) is 5. The number of halogens is 1. The molecule has 144 valence electrons. The van der Waals surface area contributed by atoms with Gasteiger partial charge in [0.05, 0.1) is 11.7 Å². The van der Waals surface area contributed by atoms with E-state index in [4.69, 9.17) is 9.15 Å². The van der Waals surface area contributed by atoms with E-state index in [2.05, 4.69) is 9.97 Å². The summed E-state index contributed by atoms with van der Waals surface area (Å²) in [6.45, 7) is 0.669. The van der Waals surface area contributed by atoms with Crippen molar-refractivity contribution in [3.63, 3.8) is 0 Å². The first-order valence-corrected chi connectivity index (χ1v) is 9.25. The minimum Gasteiger partial charge on any atom is -0.484 e. The predicted molar refractivity (Wildman–Crippen MR) is 99.1 cm³/mol. The Bertz CT molecular complexity index is 945. The Balaban J connectivity index is 1.45. The van der Waals surface area contributed by atoms with Gasteiger partial charge in [-0.3, -0.25) is 9.78 Å². The van der Waals surface area contributed by atoms with E-state index in [9.17, 15) is 9.18 Å². The van der Waals surface area contributed by atoms with Crippen molar-refractivity contribution < 1.29 is 18.3 Å². The van der Waals surface area contributed by atoms with Crippen LogP contribution in [0.15, 0.2) is 59.3 Å². The number of carbonyl (C=O) groups excluding carboxylic acids is 1. The quantitative estimate of drug-likeness (QED) is 0.664. The van der Waals surface area contributed by atoms with Crippen LogP contribution in [0, 0.1) is 5.82 Å². The molecule has 1 atom stereocenters. The van der Waals surface area contributed by atoms with Gasteiger partial charge in [0.1, 0.15) is 17.8 Å². The number of hydrogen-bond donors (Lipinski definition) is 0. The van der Waals surface area contributed by atoms with E-state index in [-0.39, 0.29) is 36.0 Å². The molecule has 1 unspecified atom stereocenters. The summed E-state index contributed by atoms with van der Waals surface area (Å²) < 4.78 is 24.1. The van der Waals surface area contributed by atoms with Crippen LogP contribution in [0.3, 0.4) is 0 Å². The molecule has 28 heavy (non-hydrogen) atoms. The van der Waals surface area contributed by atoms with Crippen molar-refractivity contribution in [3.8, 4) is 5.75 Å². The second-order valence-electron chi connectivity index (χ2n) is 6.64. The molecule has 0 N–H and O–H groups in total. The fraction of sp³-hybridized carbons (Fsp3) is 0.286. The SMILES string of the molecule is O=C(c1coc(COc2cccc(F)c2)n1)N1CCCCC1c1ccccn1. The van der Waals surface area contributed by atoms with Crippen molar-refractivity contribution in [1.29, 1.82) is 0 Å². The number of benzene rings is 1. The summed E-state index contributed by atoms with van der Waals surface area (Å²) in [7, 11) is 0. The smallest absolute Gasteiger partial charge is 0.276 e. The number of nitrogens with zero attached hydrogens (tertiary/aromatic N) is 3. The van der Waals surface area contributed by atoms with Crippen LogP contribution < -0.4 is 4.74 Å². The lowest BCUT2D eigenvalue weighted by Crippen LogP contribution is -2.39. The zero-order chi connectivity index (χ0) is 19.3.